The molecule has 3 aliphatic carbocycles. The van der Waals surface area contributed by atoms with Gasteiger partial charge in [0.1, 0.15) is 11.5 Å². The van der Waals surface area contributed by atoms with Gasteiger partial charge in [0, 0.05) is 12.3 Å². The molecule has 1 saturated carbocycles. The lowest BCUT2D eigenvalue weighted by Crippen LogP contribution is -2.44. The number of carbonyl (C=O) groups is 3. The number of imide groups is 1. The average Bonchev–Trinajstić information content (AvgIpc) is 2.95. The third-order valence-electron chi connectivity index (χ3n) is 6.10. The van der Waals surface area contributed by atoms with Crippen molar-refractivity contribution >= 4 is 23.3 Å². The molecule has 0 unspecified atom stereocenters. The molecule has 0 aromatic heterocycles. The van der Waals surface area contributed by atoms with Gasteiger partial charge in [0.15, 0.2) is 0 Å². The van der Waals surface area contributed by atoms with E-state index in [1.807, 2.05) is 31.2 Å². The van der Waals surface area contributed by atoms with E-state index in [4.69, 9.17) is 4.74 Å². The largest absolute Gasteiger partial charge is 0.494 e. The number of Topliss-reactive ketones (excluding diaryl/α,β-unsaturated/α-hetero) is 1. The molecule has 4 atom stereocenters. The van der Waals surface area contributed by atoms with Crippen molar-refractivity contribution in [3.8, 4) is 5.75 Å². The maximum absolute atomic E-state index is 13.2. The fraction of sp³-hybridized carbons (Fsp3) is 0.318. The summed E-state index contributed by atoms with van der Waals surface area (Å²) in [5.41, 5.74) is 2.52. The van der Waals surface area contributed by atoms with E-state index < -0.39 is 17.8 Å². The quantitative estimate of drug-likeness (QED) is 0.789. The first kappa shape index (κ1) is 16.2. The summed E-state index contributed by atoms with van der Waals surface area (Å²) < 4.78 is 5.44. The number of rotatable bonds is 3. The van der Waals surface area contributed by atoms with Crippen LogP contribution in [-0.4, -0.2) is 24.2 Å². The van der Waals surface area contributed by atoms with Gasteiger partial charge >= 0.3 is 0 Å². The summed E-state index contributed by atoms with van der Waals surface area (Å²) >= 11 is 0. The van der Waals surface area contributed by atoms with Gasteiger partial charge in [0.25, 0.3) is 0 Å². The molecule has 5 heteroatoms. The van der Waals surface area contributed by atoms with Gasteiger partial charge in [0.2, 0.25) is 11.8 Å². The third-order valence-corrected chi connectivity index (χ3v) is 6.10. The molecule has 1 heterocycles. The Labute approximate surface area is 156 Å². The zero-order valence-electron chi connectivity index (χ0n) is 14.9. The predicted octanol–water partition coefficient (Wildman–Crippen LogP) is 3.04. The molecule has 2 aromatic rings. The van der Waals surface area contributed by atoms with Crippen molar-refractivity contribution in [2.24, 2.45) is 11.8 Å². The Morgan fingerprint density at radius 3 is 2.30 bits per heavy atom. The molecule has 1 aliphatic heterocycles. The number of carbonyl (C=O) groups excluding carboxylic acids is 3. The van der Waals surface area contributed by atoms with E-state index >= 15 is 0 Å². The highest BCUT2D eigenvalue weighted by Gasteiger charge is 2.62. The van der Waals surface area contributed by atoms with Crippen LogP contribution in [0.15, 0.2) is 48.5 Å². The topological polar surface area (TPSA) is 63.7 Å². The molecule has 6 rings (SSSR count). The number of nitrogens with zero attached hydrogens (tertiary/aromatic N) is 1. The van der Waals surface area contributed by atoms with Crippen molar-refractivity contribution in [1.82, 2.24) is 0 Å². The van der Waals surface area contributed by atoms with Crippen LogP contribution in [0.3, 0.4) is 0 Å². The van der Waals surface area contributed by atoms with Gasteiger partial charge in [0.05, 0.1) is 30.0 Å². The maximum Gasteiger partial charge on any atom is 0.238 e. The lowest BCUT2D eigenvalue weighted by molar-refractivity contribution is -0.134. The van der Waals surface area contributed by atoms with Gasteiger partial charge in [-0.1, -0.05) is 24.3 Å². The molecule has 2 aromatic carbocycles. The minimum atomic E-state index is -0.579. The second-order valence-electron chi connectivity index (χ2n) is 7.37. The van der Waals surface area contributed by atoms with Crippen LogP contribution in [-0.2, 0) is 14.4 Å². The first-order valence-corrected chi connectivity index (χ1v) is 9.34. The second kappa shape index (κ2) is 5.78. The molecule has 0 radical (unpaired) electrons. The van der Waals surface area contributed by atoms with Gasteiger partial charge in [-0.2, -0.15) is 0 Å². The number of amides is 2. The highest BCUT2D eigenvalue weighted by Crippen LogP contribution is 2.57. The minimum Gasteiger partial charge on any atom is -0.494 e. The van der Waals surface area contributed by atoms with E-state index in [2.05, 4.69) is 0 Å². The van der Waals surface area contributed by atoms with Gasteiger partial charge in [-0.15, -0.1) is 0 Å². The van der Waals surface area contributed by atoms with Crippen LogP contribution in [0.25, 0.3) is 0 Å². The van der Waals surface area contributed by atoms with Crippen molar-refractivity contribution in [3.05, 3.63) is 59.7 Å². The van der Waals surface area contributed by atoms with Crippen LogP contribution in [0.2, 0.25) is 0 Å². The molecular formula is C22H19NO4. The molecule has 0 spiro atoms. The summed E-state index contributed by atoms with van der Waals surface area (Å²) in [5.74, 6) is -1.40. The number of hydrogen-bond acceptors (Lipinski definition) is 4. The van der Waals surface area contributed by atoms with Gasteiger partial charge < -0.3 is 4.74 Å². The van der Waals surface area contributed by atoms with E-state index in [9.17, 15) is 14.4 Å². The van der Waals surface area contributed by atoms with Crippen molar-refractivity contribution in [3.63, 3.8) is 0 Å². The molecule has 5 nitrogen and oxygen atoms in total. The number of ketones is 1. The Balaban J connectivity index is 1.57. The third kappa shape index (κ3) is 2.14. The average molecular weight is 361 g/mol. The summed E-state index contributed by atoms with van der Waals surface area (Å²) in [7, 11) is 0. The first-order chi connectivity index (χ1) is 13.1. The van der Waals surface area contributed by atoms with E-state index in [1.54, 1.807) is 24.3 Å². The second-order valence-corrected chi connectivity index (χ2v) is 7.37. The first-order valence-electron chi connectivity index (χ1n) is 9.34. The van der Waals surface area contributed by atoms with Crippen molar-refractivity contribution in [2.45, 2.75) is 25.2 Å². The molecule has 27 heavy (non-hydrogen) atoms. The highest BCUT2D eigenvalue weighted by molar-refractivity contribution is 6.24. The Morgan fingerprint density at radius 1 is 0.926 bits per heavy atom. The zero-order valence-corrected chi connectivity index (χ0v) is 14.9. The van der Waals surface area contributed by atoms with Crippen LogP contribution in [0.1, 0.15) is 36.3 Å². The van der Waals surface area contributed by atoms with Crippen LogP contribution >= 0.6 is 0 Å². The Kier molecular flexibility index (Phi) is 3.47. The Bertz CT molecular complexity index is 965. The summed E-state index contributed by atoms with van der Waals surface area (Å²) in [5, 5.41) is 0. The molecule has 2 fully saturated rings. The monoisotopic (exact) mass is 361 g/mol. The predicted molar refractivity (Wildman–Crippen MR) is 98.6 cm³/mol. The molecule has 1 saturated heterocycles. The number of fused-ring (bicyclic) bond motifs is 1. The SMILES string of the molecule is CCOc1ccc(N2C(=O)[C@@H]3[C@H](C2=O)[C@@H]2CC(=O)[C@H]3c3ccccc32)cc1. The van der Waals surface area contributed by atoms with E-state index in [1.165, 1.54) is 4.90 Å². The van der Waals surface area contributed by atoms with Crippen LogP contribution in [0.4, 0.5) is 5.69 Å². The number of ether oxygens (including phenoxy) is 1. The van der Waals surface area contributed by atoms with Gasteiger partial charge in [-0.05, 0) is 42.3 Å². The van der Waals surface area contributed by atoms with Crippen LogP contribution in [0.5, 0.6) is 5.75 Å². The minimum absolute atomic E-state index is 0.0784. The summed E-state index contributed by atoms with van der Waals surface area (Å²) in [4.78, 5) is 40.4. The van der Waals surface area contributed by atoms with Crippen LogP contribution in [0, 0.1) is 11.8 Å². The zero-order chi connectivity index (χ0) is 18.7. The Hall–Kier alpha value is -2.95. The summed E-state index contributed by atoms with van der Waals surface area (Å²) in [6, 6.07) is 14.7. The summed E-state index contributed by atoms with van der Waals surface area (Å²) in [6.45, 7) is 2.45. The molecule has 2 bridgehead atoms. The highest BCUT2D eigenvalue weighted by atomic mass is 16.5. The van der Waals surface area contributed by atoms with Gasteiger partial charge in [-0.25, -0.2) is 0 Å². The lowest BCUT2D eigenvalue weighted by Gasteiger charge is -2.43. The number of anilines is 1. The molecule has 2 amide bonds. The van der Waals surface area contributed by atoms with E-state index in [0.29, 0.717) is 24.5 Å². The van der Waals surface area contributed by atoms with Crippen LogP contribution < -0.4 is 9.64 Å². The molecule has 0 N–H and O–H groups in total. The number of hydrogen-bond donors (Lipinski definition) is 0. The summed E-state index contributed by atoms with van der Waals surface area (Å²) in [6.07, 6.45) is 0.346. The molecule has 136 valence electrons. The normalized spacial score (nSPS) is 28.3. The standard InChI is InChI=1S/C22H19NO4/c1-2-27-13-9-7-12(8-10-13)23-21(25)19-16-11-17(24)18(20(19)22(23)26)15-6-4-3-5-14(15)16/h3-10,16,18-20H,2,11H2,1H3/t16-,18-,19-,20+/m1/s1. The lowest BCUT2D eigenvalue weighted by atomic mass is 9.56. The Morgan fingerprint density at radius 2 is 1.59 bits per heavy atom. The fourth-order valence-electron chi connectivity index (χ4n) is 5.07. The smallest absolute Gasteiger partial charge is 0.238 e. The molecular weight excluding hydrogens is 342 g/mol. The van der Waals surface area contributed by atoms with Crippen molar-refractivity contribution in [2.75, 3.05) is 11.5 Å². The van der Waals surface area contributed by atoms with E-state index in [-0.39, 0.29) is 23.5 Å². The van der Waals surface area contributed by atoms with E-state index in [0.717, 1.165) is 11.1 Å². The fourth-order valence-corrected chi connectivity index (χ4v) is 5.07. The van der Waals surface area contributed by atoms with Gasteiger partial charge in [-0.3, -0.25) is 19.3 Å². The van der Waals surface area contributed by atoms with Crippen molar-refractivity contribution in [1.29, 1.82) is 0 Å². The number of benzene rings is 2. The maximum atomic E-state index is 13.2. The van der Waals surface area contributed by atoms with Crippen molar-refractivity contribution < 1.29 is 19.1 Å². The molecule has 4 aliphatic rings.